The van der Waals surface area contributed by atoms with Crippen molar-refractivity contribution >= 4 is 11.8 Å². The van der Waals surface area contributed by atoms with Crippen molar-refractivity contribution in [3.8, 4) is 0 Å². The molecule has 0 bridgehead atoms. The molecule has 3 aliphatic rings. The summed E-state index contributed by atoms with van der Waals surface area (Å²) in [6, 6.07) is 2.49. The maximum absolute atomic E-state index is 13.8. The first-order valence-electron chi connectivity index (χ1n) is 11.8. The zero-order chi connectivity index (χ0) is 23.4. The Balaban J connectivity index is 1.37. The molecule has 0 aromatic carbocycles. The zero-order valence-electron chi connectivity index (χ0n) is 19.4. The molecule has 9 heteroatoms. The van der Waals surface area contributed by atoms with E-state index in [4.69, 9.17) is 0 Å². The Morgan fingerprint density at radius 1 is 1.21 bits per heavy atom. The lowest BCUT2D eigenvalue weighted by Gasteiger charge is -2.35. The number of nitrogens with zero attached hydrogens (tertiary/aromatic N) is 5. The van der Waals surface area contributed by atoms with Gasteiger partial charge in [-0.15, -0.1) is 5.10 Å². The summed E-state index contributed by atoms with van der Waals surface area (Å²) in [5.41, 5.74) is 1.08. The van der Waals surface area contributed by atoms with E-state index < -0.39 is 29.1 Å². The highest BCUT2D eigenvalue weighted by Gasteiger charge is 2.50. The van der Waals surface area contributed by atoms with Crippen LogP contribution in [0.4, 0.5) is 0 Å². The number of β-amino-alcohol motifs (C(OH)–C–C–N with tert-alkyl or cyclic N) is 1. The molecule has 3 heterocycles. The van der Waals surface area contributed by atoms with Crippen molar-refractivity contribution in [3.05, 3.63) is 42.0 Å². The number of aromatic nitrogens is 4. The molecular formula is C24H32N6O3. The van der Waals surface area contributed by atoms with Gasteiger partial charge in [0, 0.05) is 37.5 Å². The number of aliphatic hydroxyl groups is 1. The molecule has 9 nitrogen and oxygen atoms in total. The van der Waals surface area contributed by atoms with Crippen LogP contribution in [0.15, 0.2) is 30.7 Å². The third-order valence-corrected chi connectivity index (χ3v) is 7.05. The van der Waals surface area contributed by atoms with Gasteiger partial charge in [-0.05, 0) is 48.8 Å². The van der Waals surface area contributed by atoms with E-state index in [2.05, 4.69) is 20.6 Å². The van der Waals surface area contributed by atoms with Gasteiger partial charge in [0.05, 0.1) is 17.3 Å². The molecule has 2 amide bonds. The van der Waals surface area contributed by atoms with Crippen LogP contribution in [0.3, 0.4) is 0 Å². The van der Waals surface area contributed by atoms with E-state index >= 15 is 0 Å². The van der Waals surface area contributed by atoms with Crippen molar-refractivity contribution < 1.29 is 14.7 Å². The molecular weight excluding hydrogens is 420 g/mol. The number of pyridine rings is 1. The minimum atomic E-state index is -0.737. The average Bonchev–Trinajstić information content (AvgIpc) is 3.68. The Morgan fingerprint density at radius 2 is 1.91 bits per heavy atom. The average molecular weight is 453 g/mol. The minimum absolute atomic E-state index is 0.135. The quantitative estimate of drug-likeness (QED) is 0.692. The number of carbonyl (C=O) groups excluding carboxylic acids is 2. The minimum Gasteiger partial charge on any atom is -0.391 e. The number of carbonyl (C=O) groups is 2. The number of aliphatic hydroxyl groups excluding tert-OH is 1. The van der Waals surface area contributed by atoms with E-state index in [0.29, 0.717) is 5.92 Å². The van der Waals surface area contributed by atoms with Gasteiger partial charge in [-0.25, -0.2) is 4.68 Å². The van der Waals surface area contributed by atoms with E-state index in [1.165, 1.54) is 4.90 Å². The topological polar surface area (TPSA) is 113 Å². The Bertz CT molecular complexity index is 1040. The van der Waals surface area contributed by atoms with Crippen LogP contribution >= 0.6 is 0 Å². The fourth-order valence-electron chi connectivity index (χ4n) is 4.93. The summed E-state index contributed by atoms with van der Waals surface area (Å²) in [7, 11) is 0. The highest BCUT2D eigenvalue weighted by atomic mass is 16.3. The van der Waals surface area contributed by atoms with Crippen LogP contribution in [0.5, 0.6) is 0 Å². The number of hydrogen-bond donors (Lipinski definition) is 2. The standard InChI is InChI=1S/C24H32N6O3/c1-23(2,3)20(30-14-18(27-28-30)15-4-5-15)22(33)29-13-17(31)12-19(29)21(32)26-24(8-9-24)16-6-10-25-11-7-16/h6-7,10-11,14-15,17,19-20,31H,4-5,8-9,12-13H2,1-3H3,(H,26,32)/t17?,19?,20-/m1/s1. The largest absolute Gasteiger partial charge is 0.391 e. The molecule has 176 valence electrons. The van der Waals surface area contributed by atoms with Crippen molar-refractivity contribution in [1.82, 2.24) is 30.2 Å². The molecule has 2 aromatic heterocycles. The summed E-state index contributed by atoms with van der Waals surface area (Å²) in [5, 5.41) is 22.2. The lowest BCUT2D eigenvalue weighted by molar-refractivity contribution is -0.144. The van der Waals surface area contributed by atoms with Gasteiger partial charge in [-0.2, -0.15) is 0 Å². The van der Waals surface area contributed by atoms with E-state index in [1.54, 1.807) is 17.1 Å². The molecule has 3 fully saturated rings. The molecule has 2 aromatic rings. The molecule has 1 aliphatic heterocycles. The smallest absolute Gasteiger partial charge is 0.248 e. The predicted octanol–water partition coefficient (Wildman–Crippen LogP) is 1.90. The second kappa shape index (κ2) is 7.90. The van der Waals surface area contributed by atoms with Crippen LogP contribution < -0.4 is 5.32 Å². The molecule has 0 radical (unpaired) electrons. The van der Waals surface area contributed by atoms with Crippen LogP contribution in [-0.4, -0.2) is 60.5 Å². The molecule has 2 unspecified atom stereocenters. The van der Waals surface area contributed by atoms with E-state index in [1.807, 2.05) is 39.1 Å². The first-order chi connectivity index (χ1) is 15.7. The summed E-state index contributed by atoms with van der Waals surface area (Å²) in [5.74, 6) is 0.00357. The van der Waals surface area contributed by atoms with E-state index in [0.717, 1.165) is 36.9 Å². The van der Waals surface area contributed by atoms with Gasteiger partial charge in [-0.3, -0.25) is 14.6 Å². The molecule has 3 atom stereocenters. The Hall–Kier alpha value is -2.81. The zero-order valence-corrected chi connectivity index (χ0v) is 19.4. The van der Waals surface area contributed by atoms with Gasteiger partial charge < -0.3 is 15.3 Å². The van der Waals surface area contributed by atoms with Crippen LogP contribution in [0.25, 0.3) is 0 Å². The maximum atomic E-state index is 13.8. The summed E-state index contributed by atoms with van der Waals surface area (Å²) >= 11 is 0. The maximum Gasteiger partial charge on any atom is 0.248 e. The van der Waals surface area contributed by atoms with Crippen molar-refractivity contribution in [3.63, 3.8) is 0 Å². The van der Waals surface area contributed by atoms with Gasteiger partial charge in [0.25, 0.3) is 0 Å². The molecule has 2 aliphatic carbocycles. The molecule has 0 spiro atoms. The van der Waals surface area contributed by atoms with Crippen molar-refractivity contribution in [2.45, 2.75) is 82.5 Å². The fourth-order valence-corrected chi connectivity index (χ4v) is 4.93. The number of rotatable bonds is 6. The van der Waals surface area contributed by atoms with Crippen LogP contribution in [0.1, 0.15) is 76.1 Å². The van der Waals surface area contributed by atoms with Gasteiger partial charge in [0.1, 0.15) is 12.1 Å². The van der Waals surface area contributed by atoms with Crippen LogP contribution in [0.2, 0.25) is 0 Å². The van der Waals surface area contributed by atoms with Gasteiger partial charge in [0.15, 0.2) is 0 Å². The second-order valence-corrected chi connectivity index (χ2v) is 10.9. The third kappa shape index (κ3) is 4.26. The van der Waals surface area contributed by atoms with Crippen LogP contribution in [0, 0.1) is 5.41 Å². The van der Waals surface area contributed by atoms with Gasteiger partial charge in [-0.1, -0.05) is 26.0 Å². The van der Waals surface area contributed by atoms with Crippen molar-refractivity contribution in [1.29, 1.82) is 0 Å². The SMILES string of the molecule is CC(C)(C)[C@@H](C(=O)N1CC(O)CC1C(=O)NC1(c2ccncc2)CC1)n1cc(C2CC2)nn1. The highest BCUT2D eigenvalue weighted by molar-refractivity contribution is 5.90. The summed E-state index contributed by atoms with van der Waals surface area (Å²) in [6.45, 7) is 6.09. The van der Waals surface area contributed by atoms with E-state index in [9.17, 15) is 14.7 Å². The highest BCUT2D eigenvalue weighted by Crippen LogP contribution is 2.46. The second-order valence-electron chi connectivity index (χ2n) is 10.9. The van der Waals surface area contributed by atoms with Crippen molar-refractivity contribution in [2.75, 3.05) is 6.54 Å². The normalized spacial score (nSPS) is 25.0. The molecule has 2 saturated carbocycles. The summed E-state index contributed by atoms with van der Waals surface area (Å²) in [4.78, 5) is 32.8. The third-order valence-electron chi connectivity index (χ3n) is 7.05. The van der Waals surface area contributed by atoms with Crippen LogP contribution in [-0.2, 0) is 15.1 Å². The molecule has 1 saturated heterocycles. The predicted molar refractivity (Wildman–Crippen MR) is 120 cm³/mol. The van der Waals surface area contributed by atoms with Crippen molar-refractivity contribution in [2.24, 2.45) is 5.41 Å². The lowest BCUT2D eigenvalue weighted by Crippen LogP contribution is -2.52. The number of nitrogens with one attached hydrogen (secondary N) is 1. The molecule has 33 heavy (non-hydrogen) atoms. The first kappa shape index (κ1) is 22.0. The summed E-state index contributed by atoms with van der Waals surface area (Å²) in [6.07, 6.45) is 8.70. The Labute approximate surface area is 193 Å². The monoisotopic (exact) mass is 452 g/mol. The molecule has 5 rings (SSSR count). The summed E-state index contributed by atoms with van der Waals surface area (Å²) < 4.78 is 1.65. The number of hydrogen-bond acceptors (Lipinski definition) is 6. The fraction of sp³-hybridized carbons (Fsp3) is 0.625. The first-order valence-corrected chi connectivity index (χ1v) is 11.8. The molecule has 2 N–H and O–H groups in total. The van der Waals surface area contributed by atoms with E-state index in [-0.39, 0.29) is 24.8 Å². The Kier molecular flexibility index (Phi) is 5.27. The lowest BCUT2D eigenvalue weighted by atomic mass is 9.85. The van der Waals surface area contributed by atoms with Gasteiger partial charge >= 0.3 is 0 Å². The Morgan fingerprint density at radius 3 is 2.52 bits per heavy atom. The number of likely N-dealkylation sites (tertiary alicyclic amines) is 1. The van der Waals surface area contributed by atoms with Gasteiger partial charge in [0.2, 0.25) is 11.8 Å². The number of amides is 2.